The number of amides is 1. The molecule has 0 bridgehead atoms. The zero-order valence-corrected chi connectivity index (χ0v) is 15.5. The summed E-state index contributed by atoms with van der Waals surface area (Å²) in [5, 5.41) is 16.4. The summed E-state index contributed by atoms with van der Waals surface area (Å²) in [4.78, 5) is 16.5. The van der Waals surface area contributed by atoms with Crippen LogP contribution in [-0.4, -0.2) is 63.9 Å². The van der Waals surface area contributed by atoms with E-state index in [1.54, 1.807) is 17.4 Å². The van der Waals surface area contributed by atoms with Crippen molar-refractivity contribution in [3.63, 3.8) is 0 Å². The van der Waals surface area contributed by atoms with Gasteiger partial charge in [0.2, 0.25) is 0 Å². The predicted octanol–water partition coefficient (Wildman–Crippen LogP) is 1.53. The lowest BCUT2D eigenvalue weighted by molar-refractivity contribution is 0.0169. The summed E-state index contributed by atoms with van der Waals surface area (Å²) in [5.41, 5.74) is 1.19. The van der Waals surface area contributed by atoms with E-state index >= 15 is 0 Å². The molecule has 27 heavy (non-hydrogen) atoms. The smallest absolute Gasteiger partial charge is 0.253 e. The van der Waals surface area contributed by atoms with Gasteiger partial charge in [-0.15, -0.1) is 16.4 Å². The molecule has 1 aliphatic rings. The molecule has 0 saturated carbocycles. The number of morpholine rings is 1. The molecule has 8 nitrogen and oxygen atoms in total. The second-order valence-electron chi connectivity index (χ2n) is 6.16. The van der Waals surface area contributed by atoms with Gasteiger partial charge in [0.1, 0.15) is 6.33 Å². The topological polar surface area (TPSA) is 85.2 Å². The minimum absolute atomic E-state index is 0.137. The Balaban J connectivity index is 1.51. The monoisotopic (exact) mass is 384 g/mol. The van der Waals surface area contributed by atoms with E-state index in [9.17, 15) is 4.79 Å². The van der Waals surface area contributed by atoms with Gasteiger partial charge in [-0.05, 0) is 34.0 Å². The number of para-hydroxylation sites is 1. The van der Waals surface area contributed by atoms with Crippen molar-refractivity contribution in [2.75, 3.05) is 32.8 Å². The van der Waals surface area contributed by atoms with Crippen molar-refractivity contribution >= 4 is 17.2 Å². The van der Waals surface area contributed by atoms with Gasteiger partial charge in [-0.25, -0.2) is 0 Å². The number of ether oxygens (including phenoxy) is 1. The lowest BCUT2D eigenvalue weighted by Gasteiger charge is -2.34. The van der Waals surface area contributed by atoms with E-state index in [-0.39, 0.29) is 11.9 Å². The number of tetrazole rings is 1. The van der Waals surface area contributed by atoms with Crippen LogP contribution in [0.25, 0.3) is 5.69 Å². The highest BCUT2D eigenvalue weighted by Crippen LogP contribution is 2.25. The maximum Gasteiger partial charge on any atom is 0.253 e. The fraction of sp³-hybridized carbons (Fsp3) is 0.333. The number of benzene rings is 1. The van der Waals surface area contributed by atoms with Gasteiger partial charge >= 0.3 is 0 Å². The predicted molar refractivity (Wildman–Crippen MR) is 101 cm³/mol. The molecule has 1 aliphatic heterocycles. The summed E-state index contributed by atoms with van der Waals surface area (Å²) in [6.07, 6.45) is 1.48. The van der Waals surface area contributed by atoms with Crippen LogP contribution in [-0.2, 0) is 4.74 Å². The summed E-state index contributed by atoms with van der Waals surface area (Å²) < 4.78 is 6.97. The summed E-state index contributed by atoms with van der Waals surface area (Å²) in [7, 11) is 0. The van der Waals surface area contributed by atoms with Crippen molar-refractivity contribution in [1.29, 1.82) is 0 Å². The normalized spacial score (nSPS) is 16.1. The minimum Gasteiger partial charge on any atom is -0.379 e. The number of thiophene rings is 1. The van der Waals surface area contributed by atoms with Crippen molar-refractivity contribution in [1.82, 2.24) is 30.4 Å². The van der Waals surface area contributed by atoms with E-state index < -0.39 is 0 Å². The Kier molecular flexibility index (Phi) is 5.52. The fourth-order valence-electron chi connectivity index (χ4n) is 3.20. The molecule has 1 fully saturated rings. The van der Waals surface area contributed by atoms with Gasteiger partial charge in [-0.3, -0.25) is 9.69 Å². The van der Waals surface area contributed by atoms with E-state index in [2.05, 4.69) is 37.2 Å². The Bertz CT molecular complexity index is 862. The van der Waals surface area contributed by atoms with E-state index in [4.69, 9.17) is 4.74 Å². The van der Waals surface area contributed by atoms with Gasteiger partial charge in [0.15, 0.2) is 0 Å². The second kappa shape index (κ2) is 8.38. The molecule has 4 rings (SSSR count). The minimum atomic E-state index is -0.143. The summed E-state index contributed by atoms with van der Waals surface area (Å²) in [6.45, 7) is 3.69. The first-order valence-electron chi connectivity index (χ1n) is 8.79. The highest BCUT2D eigenvalue weighted by atomic mass is 32.1. The molecule has 1 aromatic carbocycles. The molecule has 1 N–H and O–H groups in total. The Labute approximate surface area is 160 Å². The number of rotatable bonds is 6. The fourth-order valence-corrected chi connectivity index (χ4v) is 4.06. The summed E-state index contributed by atoms with van der Waals surface area (Å²) >= 11 is 1.71. The SMILES string of the molecule is O=C(NC[C@H](c1cccs1)N1CCOCC1)c1ccccc1-n1cnnn1. The molecule has 0 radical (unpaired) electrons. The molecule has 9 heteroatoms. The van der Waals surface area contributed by atoms with Gasteiger partial charge in [-0.2, -0.15) is 4.68 Å². The third-order valence-electron chi connectivity index (χ3n) is 4.56. The quantitative estimate of drug-likeness (QED) is 0.694. The third kappa shape index (κ3) is 4.05. The highest BCUT2D eigenvalue weighted by molar-refractivity contribution is 7.10. The first-order valence-corrected chi connectivity index (χ1v) is 9.66. The van der Waals surface area contributed by atoms with Crippen LogP contribution in [0.1, 0.15) is 21.3 Å². The molecule has 3 heterocycles. The molecule has 2 aromatic heterocycles. The van der Waals surface area contributed by atoms with Crippen molar-refractivity contribution in [3.05, 3.63) is 58.5 Å². The Morgan fingerprint density at radius 1 is 1.22 bits per heavy atom. The van der Waals surface area contributed by atoms with Gasteiger partial charge in [0.25, 0.3) is 5.91 Å². The van der Waals surface area contributed by atoms with E-state index in [0.29, 0.717) is 17.8 Å². The number of nitrogens with zero attached hydrogens (tertiary/aromatic N) is 5. The second-order valence-corrected chi connectivity index (χ2v) is 7.14. The number of hydrogen-bond acceptors (Lipinski definition) is 7. The van der Waals surface area contributed by atoms with Crippen LogP contribution in [0.3, 0.4) is 0 Å². The molecular weight excluding hydrogens is 364 g/mol. The van der Waals surface area contributed by atoms with Crippen LogP contribution in [0.15, 0.2) is 48.1 Å². The van der Waals surface area contributed by atoms with E-state index in [1.807, 2.05) is 24.3 Å². The van der Waals surface area contributed by atoms with Crippen molar-refractivity contribution in [2.45, 2.75) is 6.04 Å². The molecule has 0 spiro atoms. The van der Waals surface area contributed by atoms with Gasteiger partial charge in [0, 0.05) is 24.5 Å². The number of carbonyl (C=O) groups excluding carboxylic acids is 1. The van der Waals surface area contributed by atoms with Crippen LogP contribution in [0.2, 0.25) is 0 Å². The van der Waals surface area contributed by atoms with Crippen molar-refractivity contribution < 1.29 is 9.53 Å². The molecule has 0 unspecified atom stereocenters. The number of carbonyl (C=O) groups is 1. The third-order valence-corrected chi connectivity index (χ3v) is 5.53. The lowest BCUT2D eigenvalue weighted by atomic mass is 10.1. The van der Waals surface area contributed by atoms with Crippen LogP contribution < -0.4 is 5.32 Å². The van der Waals surface area contributed by atoms with Crippen LogP contribution >= 0.6 is 11.3 Å². The van der Waals surface area contributed by atoms with Crippen LogP contribution in [0, 0.1) is 0 Å². The molecule has 1 atom stereocenters. The highest BCUT2D eigenvalue weighted by Gasteiger charge is 2.24. The molecule has 1 saturated heterocycles. The zero-order chi connectivity index (χ0) is 18.5. The average Bonchev–Trinajstić information content (AvgIpc) is 3.43. The molecule has 140 valence electrons. The van der Waals surface area contributed by atoms with Crippen molar-refractivity contribution in [3.8, 4) is 5.69 Å². The standard InChI is InChI=1S/C18H20N6O2S/c25-18(14-4-1-2-5-15(14)24-13-20-21-22-24)19-12-16(17-6-3-11-27-17)23-7-9-26-10-8-23/h1-6,11,13,16H,7-10,12H2,(H,19,25)/t16-/m1/s1. The first-order chi connectivity index (χ1) is 13.3. The Morgan fingerprint density at radius 3 is 2.81 bits per heavy atom. The number of nitrogens with one attached hydrogen (secondary N) is 1. The van der Waals surface area contributed by atoms with Crippen LogP contribution in [0.5, 0.6) is 0 Å². The van der Waals surface area contributed by atoms with E-state index in [1.165, 1.54) is 15.9 Å². The maximum atomic E-state index is 12.9. The molecular formula is C18H20N6O2S. The van der Waals surface area contributed by atoms with Gasteiger partial charge in [0.05, 0.1) is 30.5 Å². The van der Waals surface area contributed by atoms with Crippen molar-refractivity contribution in [2.24, 2.45) is 0 Å². The van der Waals surface area contributed by atoms with Gasteiger partial charge < -0.3 is 10.1 Å². The largest absolute Gasteiger partial charge is 0.379 e. The number of aromatic nitrogens is 4. The molecule has 3 aromatic rings. The average molecular weight is 384 g/mol. The first kappa shape index (κ1) is 17.8. The van der Waals surface area contributed by atoms with Crippen LogP contribution in [0.4, 0.5) is 0 Å². The molecule has 0 aliphatic carbocycles. The summed E-state index contributed by atoms with van der Waals surface area (Å²) in [6, 6.07) is 11.6. The zero-order valence-electron chi connectivity index (χ0n) is 14.7. The van der Waals surface area contributed by atoms with E-state index in [0.717, 1.165) is 26.3 Å². The van der Waals surface area contributed by atoms with Gasteiger partial charge in [-0.1, -0.05) is 18.2 Å². The summed E-state index contributed by atoms with van der Waals surface area (Å²) in [5.74, 6) is -0.143. The maximum absolute atomic E-state index is 12.9. The lowest BCUT2D eigenvalue weighted by Crippen LogP contribution is -2.43. The number of hydrogen-bond donors (Lipinski definition) is 1. The Hall–Kier alpha value is -2.62. The molecule has 1 amide bonds. The Morgan fingerprint density at radius 2 is 2.07 bits per heavy atom.